The molecule has 0 unspecified atom stereocenters. The number of ether oxygens (including phenoxy) is 3. The van der Waals surface area contributed by atoms with Crippen LogP contribution < -0.4 is 25.5 Å². The third-order valence-electron chi connectivity index (χ3n) is 6.28. The summed E-state index contributed by atoms with van der Waals surface area (Å²) in [6, 6.07) is 18.5. The number of rotatable bonds is 11. The first-order valence-electron chi connectivity index (χ1n) is 13.3. The fourth-order valence-electron chi connectivity index (χ4n) is 4.24. The molecular weight excluding hydrogens is 747 g/mol. The van der Waals surface area contributed by atoms with Crippen molar-refractivity contribution in [1.29, 1.82) is 0 Å². The topological polar surface area (TPSA) is 110 Å². The van der Waals surface area contributed by atoms with Crippen molar-refractivity contribution < 1.29 is 23.8 Å². The van der Waals surface area contributed by atoms with Gasteiger partial charge in [-0.3, -0.25) is 4.79 Å². The summed E-state index contributed by atoms with van der Waals surface area (Å²) in [6.07, 6.45) is 1.54. The molecule has 224 valence electrons. The van der Waals surface area contributed by atoms with Crippen molar-refractivity contribution in [2.24, 2.45) is 5.10 Å². The van der Waals surface area contributed by atoms with Crippen LogP contribution in [0.3, 0.4) is 0 Å². The molecule has 3 N–H and O–H groups in total. The van der Waals surface area contributed by atoms with Gasteiger partial charge in [-0.1, -0.05) is 48.0 Å². The zero-order chi connectivity index (χ0) is 30.9. The second kappa shape index (κ2) is 15.3. The first-order valence-corrected chi connectivity index (χ1v) is 15.6. The highest BCUT2D eigenvalue weighted by atomic mass is 127. The molecule has 0 radical (unpaired) electrons. The minimum Gasteiger partial charge on any atom is -0.487 e. The molecule has 1 heterocycles. The number of nitrogens with zero attached hydrogens (tertiary/aromatic N) is 1. The van der Waals surface area contributed by atoms with Gasteiger partial charge in [0, 0.05) is 11.3 Å². The van der Waals surface area contributed by atoms with Gasteiger partial charge in [0.2, 0.25) is 0 Å². The largest absolute Gasteiger partial charge is 0.487 e. The van der Waals surface area contributed by atoms with Crippen LogP contribution in [0.5, 0.6) is 11.5 Å². The maximum absolute atomic E-state index is 12.7. The highest BCUT2D eigenvalue weighted by Gasteiger charge is 2.32. The quantitative estimate of drug-likeness (QED) is 0.0735. The summed E-state index contributed by atoms with van der Waals surface area (Å²) in [6.45, 7) is 5.93. The molecule has 12 heteroatoms. The van der Waals surface area contributed by atoms with Crippen LogP contribution in [0.1, 0.15) is 42.1 Å². The average molecular weight is 777 g/mol. The molecule has 4 rings (SSSR count). The molecule has 0 bridgehead atoms. The Kier molecular flexibility index (Phi) is 11.5. The van der Waals surface area contributed by atoms with Gasteiger partial charge < -0.3 is 24.8 Å². The van der Waals surface area contributed by atoms with Gasteiger partial charge in [-0.15, -0.1) is 0 Å². The van der Waals surface area contributed by atoms with Gasteiger partial charge in [0.05, 0.1) is 32.5 Å². The van der Waals surface area contributed by atoms with Gasteiger partial charge in [-0.2, -0.15) is 5.10 Å². The number of para-hydroxylation sites is 1. The lowest BCUT2D eigenvalue weighted by atomic mass is 9.95. The van der Waals surface area contributed by atoms with Crippen molar-refractivity contribution in [1.82, 2.24) is 16.1 Å². The van der Waals surface area contributed by atoms with E-state index in [1.165, 1.54) is 5.56 Å². The predicted molar refractivity (Wildman–Crippen MR) is 181 cm³/mol. The smallest absolute Gasteiger partial charge is 0.338 e. The molecule has 0 saturated heterocycles. The minimum absolute atomic E-state index is 0.230. The molecule has 43 heavy (non-hydrogen) atoms. The number of carbonyl (C=O) groups is 2. The van der Waals surface area contributed by atoms with Gasteiger partial charge in [-0.25, -0.2) is 10.2 Å². The van der Waals surface area contributed by atoms with Crippen molar-refractivity contribution in [2.75, 3.05) is 13.2 Å². The van der Waals surface area contributed by atoms with Crippen molar-refractivity contribution in [3.8, 4) is 11.5 Å². The predicted octanol–water partition coefficient (Wildman–Crippen LogP) is 5.83. The van der Waals surface area contributed by atoms with Gasteiger partial charge in [0.1, 0.15) is 18.1 Å². The number of halogens is 2. The van der Waals surface area contributed by atoms with Gasteiger partial charge in [0.15, 0.2) is 11.7 Å². The monoisotopic (exact) mass is 776 g/mol. The second-order valence-electron chi connectivity index (χ2n) is 9.50. The highest BCUT2D eigenvalue weighted by molar-refractivity contribution is 14.1. The third-order valence-corrected chi connectivity index (χ3v) is 7.89. The lowest BCUT2D eigenvalue weighted by molar-refractivity contribution is -0.139. The van der Waals surface area contributed by atoms with Gasteiger partial charge >= 0.3 is 5.97 Å². The van der Waals surface area contributed by atoms with Crippen LogP contribution in [-0.4, -0.2) is 36.4 Å². The van der Waals surface area contributed by atoms with E-state index in [4.69, 9.17) is 26.4 Å². The summed E-state index contributed by atoms with van der Waals surface area (Å²) in [5.41, 5.74) is 7.13. The number of nitrogens with one attached hydrogen (secondary N) is 3. The Balaban J connectivity index is 1.37. The van der Waals surface area contributed by atoms with Gasteiger partial charge in [0.25, 0.3) is 5.91 Å². The van der Waals surface area contributed by atoms with Crippen molar-refractivity contribution in [3.05, 3.63) is 102 Å². The molecule has 9 nitrogen and oxygen atoms in total. The van der Waals surface area contributed by atoms with E-state index in [1.54, 1.807) is 38.3 Å². The standard InChI is InChI=1S/C31H30BrIN4O5S/c1-4-40-30(39)27-19(3)35-31(43)36-28(27)22-7-5-6-8-25(22)41-17-26(38)37-34-15-21-13-23(32)29(24(33)14-21)42-16-20-11-9-18(2)10-12-20/h5-15,28H,4,16-17H2,1-3H3,(H,37,38)(H2,35,36,43)/t28-/m1/s1. The van der Waals surface area contributed by atoms with E-state index in [2.05, 4.69) is 71.8 Å². The number of allylic oxidation sites excluding steroid dienone is 1. The fraction of sp³-hybridized carbons (Fsp3) is 0.226. The number of amides is 1. The van der Waals surface area contributed by atoms with E-state index in [0.717, 1.165) is 24.9 Å². The molecular formula is C31H30BrIN4O5S. The van der Waals surface area contributed by atoms with Crippen LogP contribution in [0.15, 0.2) is 81.5 Å². The summed E-state index contributed by atoms with van der Waals surface area (Å²) >= 11 is 11.1. The summed E-state index contributed by atoms with van der Waals surface area (Å²) < 4.78 is 18.8. The molecule has 3 aromatic carbocycles. The molecule has 0 aliphatic carbocycles. The van der Waals surface area contributed by atoms with Crippen LogP contribution >= 0.6 is 50.7 Å². The van der Waals surface area contributed by atoms with Crippen molar-refractivity contribution in [2.45, 2.75) is 33.4 Å². The fourth-order valence-corrected chi connectivity index (χ4v) is 6.28. The molecule has 0 saturated carbocycles. The number of hydrogen-bond donors (Lipinski definition) is 3. The Morgan fingerprint density at radius 1 is 1.12 bits per heavy atom. The molecule has 0 fully saturated rings. The molecule has 0 spiro atoms. The van der Waals surface area contributed by atoms with Crippen LogP contribution in [0.25, 0.3) is 0 Å². The normalized spacial score (nSPS) is 14.6. The SMILES string of the molecule is CCOC(=O)C1=C(C)NC(=S)N[C@@H]1c1ccccc1OCC(=O)NN=Cc1cc(Br)c(OCc2ccc(C)cc2)c(I)c1. The first kappa shape index (κ1) is 32.4. The molecule has 3 aromatic rings. The average Bonchev–Trinajstić information content (AvgIpc) is 2.96. The lowest BCUT2D eigenvalue weighted by Gasteiger charge is -2.30. The summed E-state index contributed by atoms with van der Waals surface area (Å²) in [5, 5.41) is 10.5. The molecule has 1 atom stereocenters. The first-order chi connectivity index (χ1) is 20.7. The summed E-state index contributed by atoms with van der Waals surface area (Å²) in [4.78, 5) is 25.3. The number of thiocarbonyl (C=S) groups is 1. The Labute approximate surface area is 277 Å². The summed E-state index contributed by atoms with van der Waals surface area (Å²) in [5.74, 6) is 0.221. The molecule has 1 aliphatic heterocycles. The van der Waals surface area contributed by atoms with Crippen LogP contribution in [0.4, 0.5) is 0 Å². The van der Waals surface area contributed by atoms with E-state index in [-0.39, 0.29) is 13.2 Å². The van der Waals surface area contributed by atoms with E-state index >= 15 is 0 Å². The number of benzene rings is 3. The van der Waals surface area contributed by atoms with E-state index in [0.29, 0.717) is 34.3 Å². The van der Waals surface area contributed by atoms with Crippen molar-refractivity contribution >= 4 is 73.9 Å². The third kappa shape index (κ3) is 8.77. The zero-order valence-corrected chi connectivity index (χ0v) is 28.3. The Morgan fingerprint density at radius 3 is 2.58 bits per heavy atom. The zero-order valence-electron chi connectivity index (χ0n) is 23.7. The maximum Gasteiger partial charge on any atom is 0.338 e. The Hall–Kier alpha value is -3.49. The van der Waals surface area contributed by atoms with Gasteiger partial charge in [-0.05, 0) is 101 Å². The summed E-state index contributed by atoms with van der Waals surface area (Å²) in [7, 11) is 0. The van der Waals surface area contributed by atoms with Crippen molar-refractivity contribution in [3.63, 3.8) is 0 Å². The highest BCUT2D eigenvalue weighted by Crippen LogP contribution is 2.34. The second-order valence-corrected chi connectivity index (χ2v) is 11.9. The molecule has 0 aromatic heterocycles. The lowest BCUT2D eigenvalue weighted by Crippen LogP contribution is -2.45. The van der Waals surface area contributed by atoms with E-state index in [9.17, 15) is 9.59 Å². The number of hydrogen-bond acceptors (Lipinski definition) is 7. The number of hydrazone groups is 1. The minimum atomic E-state index is -0.616. The van der Waals surface area contributed by atoms with E-state index in [1.807, 2.05) is 37.3 Å². The number of esters is 1. The number of carbonyl (C=O) groups excluding carboxylic acids is 2. The van der Waals surface area contributed by atoms with Crippen LogP contribution in [-0.2, 0) is 20.9 Å². The number of aryl methyl sites for hydroxylation is 1. The molecule has 1 amide bonds. The van der Waals surface area contributed by atoms with E-state index < -0.39 is 17.9 Å². The Morgan fingerprint density at radius 2 is 1.86 bits per heavy atom. The molecule has 1 aliphatic rings. The Bertz CT molecular complexity index is 1560. The van der Waals surface area contributed by atoms with Crippen LogP contribution in [0.2, 0.25) is 0 Å². The van der Waals surface area contributed by atoms with Crippen LogP contribution in [0, 0.1) is 10.5 Å². The maximum atomic E-state index is 12.7.